The molecule has 0 amide bonds. The Kier molecular flexibility index (Phi) is 17.9. The van der Waals surface area contributed by atoms with E-state index in [4.69, 9.17) is 52.1 Å². The molecule has 8 rings (SSSR count). The maximum Gasteiger partial charge on any atom is 0.202 e. The molecule has 24 heteroatoms. The van der Waals surface area contributed by atoms with Crippen LogP contribution in [0.2, 0.25) is 0 Å². The van der Waals surface area contributed by atoms with Gasteiger partial charge in [0.15, 0.2) is 48.6 Å². The van der Waals surface area contributed by atoms with Crippen LogP contribution in [0.5, 0.6) is 17.2 Å². The number of phenolic OH excluding ortho intramolecular Hbond substituents is 2. The number of carbonyl (C=O) groups is 3. The maximum absolute atomic E-state index is 15.0. The van der Waals surface area contributed by atoms with Crippen LogP contribution in [0.1, 0.15) is 102 Å². The van der Waals surface area contributed by atoms with Crippen LogP contribution < -0.4 is 4.74 Å². The summed E-state index contributed by atoms with van der Waals surface area (Å²) in [5.74, 6) is -5.15. The highest BCUT2D eigenvalue weighted by Crippen LogP contribution is 2.47. The summed E-state index contributed by atoms with van der Waals surface area (Å²) in [5, 5.41) is 110. The number of ketones is 3. The van der Waals surface area contributed by atoms with Gasteiger partial charge < -0.3 is 103 Å². The van der Waals surface area contributed by atoms with Crippen LogP contribution in [-0.4, -0.2) is 216 Å². The highest BCUT2D eigenvalue weighted by atomic mass is 16.7. The van der Waals surface area contributed by atoms with Crippen molar-refractivity contribution in [1.82, 2.24) is 0 Å². The molecule has 0 bridgehead atoms. The molecule has 76 heavy (non-hydrogen) atoms. The topological polar surface area (TPSA) is 355 Å². The zero-order valence-corrected chi connectivity index (χ0v) is 43.9. The van der Waals surface area contributed by atoms with E-state index in [9.17, 15) is 65.4 Å². The first-order valence-corrected chi connectivity index (χ1v) is 25.9. The van der Waals surface area contributed by atoms with Crippen LogP contribution in [0, 0.1) is 12.8 Å². The molecule has 1 aliphatic carbocycles. The lowest BCUT2D eigenvalue weighted by Gasteiger charge is -2.46. The molecule has 0 aromatic heterocycles. The number of aliphatic hydroxyl groups excluding tert-OH is 7. The van der Waals surface area contributed by atoms with Crippen molar-refractivity contribution in [1.29, 1.82) is 0 Å². The Morgan fingerprint density at radius 3 is 1.80 bits per heavy atom. The van der Waals surface area contributed by atoms with Crippen molar-refractivity contribution in [3.8, 4) is 17.2 Å². The zero-order chi connectivity index (χ0) is 55.6. The SMILES string of the molecule is CO[C@H](C(=O)[C@@H](O)C(C)=O)[C@H]1Cc2cc3cc(O[C@H]4C[C@H](O[C@H]5C[C@@H](O)[C@H](O)[C@@H](C)O5)[C@H](O)[C@@H](C)O4)c(C)c(O)c3c(O)c2C(=O)[C@H]1O[C@H]1C[C@@H](O[C@@H]2C[C@@H](O)[C@@H](O[C@H]3C[C@](C)(O)[C@H](O)[C@@H](C)O3)[C@@H](C)O2)[C@H](O)[C@@H](C)O1. The fraction of sp³-hybridized carbons (Fsp3) is 0.750. The zero-order valence-electron chi connectivity index (χ0n) is 43.9. The highest BCUT2D eigenvalue weighted by Gasteiger charge is 2.51. The van der Waals surface area contributed by atoms with Crippen molar-refractivity contribution in [3.05, 3.63) is 28.8 Å². The first kappa shape index (κ1) is 58.5. The minimum atomic E-state index is -2.14. The summed E-state index contributed by atoms with van der Waals surface area (Å²) in [7, 11) is 1.15. The number of ether oxygens (including phenoxy) is 11. The molecule has 0 radical (unpaired) electrons. The Morgan fingerprint density at radius 2 is 1.24 bits per heavy atom. The summed E-state index contributed by atoms with van der Waals surface area (Å²) >= 11 is 0. The summed E-state index contributed by atoms with van der Waals surface area (Å²) in [4.78, 5) is 41.1. The third-order valence-corrected chi connectivity index (χ3v) is 15.8. The molecule has 2 aromatic carbocycles. The van der Waals surface area contributed by atoms with Crippen molar-refractivity contribution in [2.75, 3.05) is 7.11 Å². The Morgan fingerprint density at radius 1 is 0.697 bits per heavy atom. The van der Waals surface area contributed by atoms with Gasteiger partial charge in [0.25, 0.3) is 0 Å². The van der Waals surface area contributed by atoms with E-state index in [2.05, 4.69) is 0 Å². The van der Waals surface area contributed by atoms with Gasteiger partial charge in [-0.2, -0.15) is 0 Å². The number of carbonyl (C=O) groups excluding carboxylic acids is 3. The minimum absolute atomic E-state index is 0.0417. The molecule has 2 aromatic rings. The monoisotopic (exact) mass is 1080 g/mol. The summed E-state index contributed by atoms with van der Waals surface area (Å²) in [6, 6.07) is 3.00. The minimum Gasteiger partial charge on any atom is -0.507 e. The number of methoxy groups -OCH3 is 1. The third-order valence-electron chi connectivity index (χ3n) is 15.8. The first-order valence-electron chi connectivity index (χ1n) is 25.9. The van der Waals surface area contributed by atoms with E-state index in [1.807, 2.05) is 0 Å². The molecule has 5 aliphatic heterocycles. The second-order valence-electron chi connectivity index (χ2n) is 21.5. The van der Waals surface area contributed by atoms with Crippen LogP contribution in [0.4, 0.5) is 0 Å². The number of benzene rings is 2. The van der Waals surface area contributed by atoms with Crippen LogP contribution in [0.15, 0.2) is 12.1 Å². The summed E-state index contributed by atoms with van der Waals surface area (Å²) in [6.07, 6.45) is -25.8. The fourth-order valence-corrected chi connectivity index (χ4v) is 11.3. The number of phenols is 2. The lowest BCUT2D eigenvalue weighted by atomic mass is 9.75. The number of aliphatic hydroxyl groups is 8. The van der Waals surface area contributed by atoms with Gasteiger partial charge in [-0.15, -0.1) is 0 Å². The number of rotatable bonds is 15. The van der Waals surface area contributed by atoms with Gasteiger partial charge >= 0.3 is 0 Å². The summed E-state index contributed by atoms with van der Waals surface area (Å²) < 4.78 is 66.3. The Labute approximate surface area is 438 Å². The van der Waals surface area contributed by atoms with Crippen molar-refractivity contribution in [2.45, 2.75) is 235 Å². The Hall–Kier alpha value is -3.61. The second-order valence-corrected chi connectivity index (χ2v) is 21.5. The van der Waals surface area contributed by atoms with Crippen LogP contribution in [0.25, 0.3) is 10.8 Å². The lowest BCUT2D eigenvalue weighted by molar-refractivity contribution is -0.337. The van der Waals surface area contributed by atoms with Gasteiger partial charge in [0.1, 0.15) is 60.0 Å². The Balaban J connectivity index is 1.03. The van der Waals surface area contributed by atoms with Gasteiger partial charge in [0.2, 0.25) is 6.29 Å². The van der Waals surface area contributed by atoms with E-state index < -0.39 is 176 Å². The molecule has 0 saturated carbocycles. The predicted molar refractivity (Wildman–Crippen MR) is 258 cm³/mol. The van der Waals surface area contributed by atoms with E-state index >= 15 is 0 Å². The smallest absolute Gasteiger partial charge is 0.202 e. The fourth-order valence-electron chi connectivity index (χ4n) is 11.3. The van der Waals surface area contributed by atoms with E-state index in [0.29, 0.717) is 0 Å². The lowest BCUT2D eigenvalue weighted by Crippen LogP contribution is -2.58. The van der Waals surface area contributed by atoms with Gasteiger partial charge in [-0.1, -0.05) is 0 Å². The van der Waals surface area contributed by atoms with Crippen LogP contribution in [0.3, 0.4) is 0 Å². The average molecular weight is 1080 g/mol. The number of hydrogen-bond donors (Lipinski definition) is 10. The molecule has 10 N–H and O–H groups in total. The predicted octanol–water partition coefficient (Wildman–Crippen LogP) is -0.0411. The number of hydrogen-bond acceptors (Lipinski definition) is 24. The van der Waals surface area contributed by atoms with Gasteiger partial charge in [-0.3, -0.25) is 14.4 Å². The Bertz CT molecular complexity index is 2390. The average Bonchev–Trinajstić information content (AvgIpc) is 3.38. The molecule has 426 valence electrons. The molecule has 24 nitrogen and oxygen atoms in total. The number of Topliss-reactive ketones (excluding diaryl/α,β-unsaturated/α-hetero) is 3. The summed E-state index contributed by atoms with van der Waals surface area (Å²) in [6.45, 7) is 11.9. The van der Waals surface area contributed by atoms with E-state index in [0.717, 1.165) is 14.0 Å². The van der Waals surface area contributed by atoms with E-state index in [-0.39, 0.29) is 71.7 Å². The van der Waals surface area contributed by atoms with Crippen molar-refractivity contribution >= 4 is 28.1 Å². The van der Waals surface area contributed by atoms with E-state index in [1.165, 1.54) is 32.9 Å². The van der Waals surface area contributed by atoms with Gasteiger partial charge in [-0.05, 0) is 84.9 Å². The molecular weight excluding hydrogens is 1010 g/mol. The van der Waals surface area contributed by atoms with Crippen molar-refractivity contribution in [3.63, 3.8) is 0 Å². The quantitative estimate of drug-likeness (QED) is 0.105. The first-order chi connectivity index (χ1) is 35.7. The maximum atomic E-state index is 15.0. The third kappa shape index (κ3) is 11.8. The van der Waals surface area contributed by atoms with Crippen molar-refractivity contribution in [2.24, 2.45) is 5.92 Å². The molecule has 5 heterocycles. The van der Waals surface area contributed by atoms with Gasteiger partial charge in [-0.25, -0.2) is 0 Å². The second kappa shape index (κ2) is 23.2. The normalized spacial score (nSPS) is 42.0. The number of aromatic hydroxyl groups is 2. The number of fused-ring (bicyclic) bond motifs is 2. The van der Waals surface area contributed by atoms with Crippen molar-refractivity contribution < 1.29 is 118 Å². The molecule has 5 saturated heterocycles. The molecule has 5 fully saturated rings. The van der Waals surface area contributed by atoms with Crippen LogP contribution in [-0.2, 0) is 63.4 Å². The molecule has 0 unspecified atom stereocenters. The van der Waals surface area contributed by atoms with E-state index in [1.54, 1.807) is 27.7 Å². The van der Waals surface area contributed by atoms with Crippen LogP contribution >= 0.6 is 0 Å². The van der Waals surface area contributed by atoms with Gasteiger partial charge in [0.05, 0.1) is 71.5 Å². The molecule has 6 aliphatic rings. The molecule has 0 spiro atoms. The van der Waals surface area contributed by atoms with Gasteiger partial charge in [0, 0.05) is 50.7 Å². The highest BCUT2D eigenvalue weighted by molar-refractivity contribution is 6.12. The summed E-state index contributed by atoms with van der Waals surface area (Å²) in [5.41, 5.74) is -1.49. The molecular formula is C52H74O24. The molecule has 24 atom stereocenters. The largest absolute Gasteiger partial charge is 0.507 e. The standard InChI is InChI=1S/C52H74O24/c1-18-30(72-35-15-31(43(59)21(4)68-35)73-33-13-28(54)42(58)20(3)67-33)12-26-10-25-11-27(49(66-9)47(63)41(57)19(2)53)50(46(62)39(25)45(61)38(26)40(18)56)75-36-16-32(44(60)22(5)69-36)74-34-14-29(55)48(23(6)70-34)76-37-17-52(8,65)51(64)24(7)71-37/h10,12,20-24,27-29,31-37,41-44,48-51,54-61,64-65H,11,13-17H2,1-9H3/t20-,21-,22-,23-,24-,27-,28-,29-,31+,32-,33+,34-,35+,36+,37+,41+,42-,43-,44-,48+,49+,50+,51-,52+/m1/s1.